The predicted octanol–water partition coefficient (Wildman–Crippen LogP) is 4.72. The first-order chi connectivity index (χ1) is 15.0. The Bertz CT molecular complexity index is 1180. The van der Waals surface area contributed by atoms with Crippen LogP contribution in [0.25, 0.3) is 0 Å². The van der Waals surface area contributed by atoms with E-state index in [-0.39, 0.29) is 11.5 Å². The highest BCUT2D eigenvalue weighted by molar-refractivity contribution is 8.01. The third-order valence-electron chi connectivity index (χ3n) is 5.91. The standard InChI is InChI=1S/C25H21FN2O2S/c1-17-10-12-18(13-11-17)16-27-22-9-5-3-7-20(22)25(24(27)30)28(14-15-31-25)23(29)19-6-2-4-8-21(19)26/h2-13H,14-16H2,1H3. The summed E-state index contributed by atoms with van der Waals surface area (Å²) in [7, 11) is 0. The lowest BCUT2D eigenvalue weighted by Gasteiger charge is -2.33. The molecule has 0 bridgehead atoms. The molecule has 1 saturated heterocycles. The number of rotatable bonds is 3. The first-order valence-electron chi connectivity index (χ1n) is 10.2. The van der Waals surface area contributed by atoms with E-state index < -0.39 is 16.6 Å². The lowest BCUT2D eigenvalue weighted by atomic mass is 10.0. The second kappa shape index (κ2) is 7.54. The first kappa shape index (κ1) is 19.8. The number of hydrogen-bond donors (Lipinski definition) is 0. The Morgan fingerprint density at radius 3 is 2.52 bits per heavy atom. The molecule has 31 heavy (non-hydrogen) atoms. The summed E-state index contributed by atoms with van der Waals surface area (Å²) in [5.41, 5.74) is 3.75. The van der Waals surface area contributed by atoms with Crippen LogP contribution in [-0.4, -0.2) is 29.0 Å². The van der Waals surface area contributed by atoms with Crippen LogP contribution in [0.5, 0.6) is 0 Å². The van der Waals surface area contributed by atoms with Crippen molar-refractivity contribution in [3.05, 3.63) is 101 Å². The van der Waals surface area contributed by atoms with Gasteiger partial charge in [-0.25, -0.2) is 4.39 Å². The molecule has 6 heteroatoms. The molecular formula is C25H21FN2O2S. The van der Waals surface area contributed by atoms with Gasteiger partial charge in [-0.05, 0) is 30.7 Å². The zero-order valence-electron chi connectivity index (χ0n) is 17.0. The number of carbonyl (C=O) groups excluding carboxylic acids is 2. The molecule has 1 unspecified atom stereocenters. The quantitative estimate of drug-likeness (QED) is 0.601. The van der Waals surface area contributed by atoms with Gasteiger partial charge in [0.2, 0.25) is 0 Å². The van der Waals surface area contributed by atoms with Crippen molar-refractivity contribution in [2.75, 3.05) is 17.2 Å². The summed E-state index contributed by atoms with van der Waals surface area (Å²) in [4.78, 5) is 29.4. The molecule has 2 amide bonds. The molecule has 2 aliphatic rings. The van der Waals surface area contributed by atoms with E-state index in [0.29, 0.717) is 18.8 Å². The molecule has 3 aromatic carbocycles. The molecular weight excluding hydrogens is 411 g/mol. The smallest absolute Gasteiger partial charge is 0.268 e. The number of para-hydroxylation sites is 1. The molecule has 0 aromatic heterocycles. The van der Waals surface area contributed by atoms with Gasteiger partial charge >= 0.3 is 0 Å². The number of hydrogen-bond acceptors (Lipinski definition) is 3. The molecule has 5 rings (SSSR count). The summed E-state index contributed by atoms with van der Waals surface area (Å²) < 4.78 is 14.4. The summed E-state index contributed by atoms with van der Waals surface area (Å²) in [6, 6.07) is 21.6. The fraction of sp³-hybridized carbons (Fsp3) is 0.200. The van der Waals surface area contributed by atoms with E-state index in [4.69, 9.17) is 0 Å². The van der Waals surface area contributed by atoms with Gasteiger partial charge in [0.05, 0.1) is 17.8 Å². The summed E-state index contributed by atoms with van der Waals surface area (Å²) in [6.07, 6.45) is 0. The van der Waals surface area contributed by atoms with Crippen LogP contribution in [0, 0.1) is 12.7 Å². The maximum atomic E-state index is 14.4. The lowest BCUT2D eigenvalue weighted by molar-refractivity contribution is -0.123. The first-order valence-corrected chi connectivity index (χ1v) is 11.2. The van der Waals surface area contributed by atoms with Gasteiger partial charge in [-0.3, -0.25) is 9.59 Å². The lowest BCUT2D eigenvalue weighted by Crippen LogP contribution is -2.50. The third kappa shape index (κ3) is 3.05. The topological polar surface area (TPSA) is 40.6 Å². The molecule has 1 spiro atoms. The van der Waals surface area contributed by atoms with Gasteiger partial charge < -0.3 is 9.80 Å². The summed E-state index contributed by atoms with van der Waals surface area (Å²) in [6.45, 7) is 2.83. The van der Waals surface area contributed by atoms with Crippen molar-refractivity contribution in [1.82, 2.24) is 4.90 Å². The minimum atomic E-state index is -1.17. The van der Waals surface area contributed by atoms with Crippen molar-refractivity contribution >= 4 is 29.3 Å². The molecule has 0 aliphatic carbocycles. The van der Waals surface area contributed by atoms with Gasteiger partial charge in [0.15, 0.2) is 4.87 Å². The van der Waals surface area contributed by atoms with E-state index in [1.165, 1.54) is 23.9 Å². The van der Waals surface area contributed by atoms with Crippen LogP contribution >= 0.6 is 11.8 Å². The SMILES string of the molecule is Cc1ccc(CN2C(=O)C3(SCCN3C(=O)c3ccccc3F)c3ccccc32)cc1. The van der Waals surface area contributed by atoms with Crippen molar-refractivity contribution in [3.8, 4) is 0 Å². The Kier molecular flexibility index (Phi) is 4.82. The van der Waals surface area contributed by atoms with Crippen LogP contribution in [0.2, 0.25) is 0 Å². The van der Waals surface area contributed by atoms with Crippen molar-refractivity contribution in [3.63, 3.8) is 0 Å². The number of benzene rings is 3. The zero-order chi connectivity index (χ0) is 21.6. The fourth-order valence-electron chi connectivity index (χ4n) is 4.38. The Hall–Kier alpha value is -3.12. The van der Waals surface area contributed by atoms with Crippen LogP contribution < -0.4 is 4.90 Å². The number of carbonyl (C=O) groups is 2. The molecule has 0 N–H and O–H groups in total. The molecule has 2 aliphatic heterocycles. The van der Waals surface area contributed by atoms with E-state index in [1.807, 2.05) is 55.5 Å². The average Bonchev–Trinajstić information content (AvgIpc) is 3.32. The summed E-state index contributed by atoms with van der Waals surface area (Å²) in [5, 5.41) is 0. The highest BCUT2D eigenvalue weighted by Crippen LogP contribution is 2.54. The number of halogens is 1. The number of aryl methyl sites for hydroxylation is 1. The highest BCUT2D eigenvalue weighted by atomic mass is 32.2. The van der Waals surface area contributed by atoms with Crippen molar-refractivity contribution in [2.45, 2.75) is 18.3 Å². The minimum Gasteiger partial charge on any atom is -0.311 e. The molecule has 2 heterocycles. The maximum Gasteiger partial charge on any atom is 0.268 e. The largest absolute Gasteiger partial charge is 0.311 e. The second-order valence-corrected chi connectivity index (χ2v) is 9.11. The Balaban J connectivity index is 1.58. The van der Waals surface area contributed by atoms with E-state index in [2.05, 4.69) is 0 Å². The fourth-order valence-corrected chi connectivity index (χ4v) is 5.84. The molecule has 1 atom stereocenters. The Labute approximate surface area is 184 Å². The van der Waals surface area contributed by atoms with Crippen LogP contribution in [0.3, 0.4) is 0 Å². The number of amides is 2. The van der Waals surface area contributed by atoms with Gasteiger partial charge in [0.1, 0.15) is 5.82 Å². The second-order valence-electron chi connectivity index (χ2n) is 7.82. The number of thioether (sulfide) groups is 1. The monoisotopic (exact) mass is 432 g/mol. The number of nitrogens with zero attached hydrogens (tertiary/aromatic N) is 2. The maximum absolute atomic E-state index is 14.4. The zero-order valence-corrected chi connectivity index (χ0v) is 17.9. The molecule has 3 aromatic rings. The molecule has 1 fully saturated rings. The summed E-state index contributed by atoms with van der Waals surface area (Å²) >= 11 is 1.45. The van der Waals surface area contributed by atoms with E-state index in [1.54, 1.807) is 21.9 Å². The van der Waals surface area contributed by atoms with Crippen molar-refractivity contribution < 1.29 is 14.0 Å². The van der Waals surface area contributed by atoms with Gasteiger partial charge in [-0.15, -0.1) is 11.8 Å². The molecule has 0 radical (unpaired) electrons. The average molecular weight is 433 g/mol. The van der Waals surface area contributed by atoms with Crippen LogP contribution in [0.1, 0.15) is 27.0 Å². The van der Waals surface area contributed by atoms with Crippen LogP contribution in [0.15, 0.2) is 72.8 Å². The van der Waals surface area contributed by atoms with Gasteiger partial charge in [0, 0.05) is 17.9 Å². The number of fused-ring (bicyclic) bond motifs is 2. The highest BCUT2D eigenvalue weighted by Gasteiger charge is 2.59. The van der Waals surface area contributed by atoms with Gasteiger partial charge in [-0.1, -0.05) is 60.2 Å². The Morgan fingerprint density at radius 2 is 1.74 bits per heavy atom. The van der Waals surface area contributed by atoms with Gasteiger partial charge in [0.25, 0.3) is 11.8 Å². The number of anilines is 1. The van der Waals surface area contributed by atoms with E-state index >= 15 is 0 Å². The predicted molar refractivity (Wildman–Crippen MR) is 120 cm³/mol. The molecule has 0 saturated carbocycles. The van der Waals surface area contributed by atoms with Crippen molar-refractivity contribution in [2.24, 2.45) is 0 Å². The molecule has 4 nitrogen and oxygen atoms in total. The Morgan fingerprint density at radius 1 is 1.03 bits per heavy atom. The van der Waals surface area contributed by atoms with Crippen LogP contribution in [-0.2, 0) is 16.2 Å². The normalized spacial score (nSPS) is 19.9. The summed E-state index contributed by atoms with van der Waals surface area (Å²) in [5.74, 6) is -0.571. The molecule has 156 valence electrons. The van der Waals surface area contributed by atoms with E-state index in [9.17, 15) is 14.0 Å². The van der Waals surface area contributed by atoms with Gasteiger partial charge in [-0.2, -0.15) is 0 Å². The van der Waals surface area contributed by atoms with Crippen molar-refractivity contribution in [1.29, 1.82) is 0 Å². The van der Waals surface area contributed by atoms with Crippen LogP contribution in [0.4, 0.5) is 10.1 Å². The third-order valence-corrected chi connectivity index (χ3v) is 7.33. The minimum absolute atomic E-state index is 0.00774. The van der Waals surface area contributed by atoms with E-state index in [0.717, 1.165) is 22.4 Å².